The van der Waals surface area contributed by atoms with Gasteiger partial charge in [-0.1, -0.05) is 18.2 Å². The van der Waals surface area contributed by atoms with Gasteiger partial charge in [0.15, 0.2) is 0 Å². The first kappa shape index (κ1) is 35.2. The normalized spacial score (nSPS) is 14.6. The minimum absolute atomic E-state index is 0.0119. The predicted molar refractivity (Wildman–Crippen MR) is 171 cm³/mol. The fourth-order valence-corrected chi connectivity index (χ4v) is 6.09. The lowest BCUT2D eigenvalue weighted by molar-refractivity contribution is -0.384. The zero-order valence-electron chi connectivity index (χ0n) is 26.5. The van der Waals surface area contributed by atoms with Crippen LogP contribution in [0.2, 0.25) is 0 Å². The molecule has 0 aliphatic carbocycles. The number of aromatic nitrogens is 2. The second-order valence-electron chi connectivity index (χ2n) is 11.7. The summed E-state index contributed by atoms with van der Waals surface area (Å²) >= 11 is 0. The molecule has 1 aliphatic heterocycles. The highest BCUT2D eigenvalue weighted by atomic mass is 19.4. The second kappa shape index (κ2) is 14.2. The van der Waals surface area contributed by atoms with E-state index in [1.165, 1.54) is 32.2 Å². The van der Waals surface area contributed by atoms with Crippen LogP contribution in [0.25, 0.3) is 0 Å². The molecule has 2 N–H and O–H groups in total. The van der Waals surface area contributed by atoms with Crippen LogP contribution in [0.1, 0.15) is 34.0 Å². The summed E-state index contributed by atoms with van der Waals surface area (Å²) in [6.45, 7) is 1.74. The van der Waals surface area contributed by atoms with Crippen LogP contribution >= 0.6 is 0 Å². The molecule has 1 aliphatic rings. The lowest BCUT2D eigenvalue weighted by atomic mass is 10.1. The Balaban J connectivity index is 1.55. The number of ether oxygens (including phenoxy) is 1. The number of anilines is 1. The Morgan fingerprint density at radius 3 is 2.31 bits per heavy atom. The van der Waals surface area contributed by atoms with Gasteiger partial charge in [0.05, 0.1) is 36.7 Å². The highest BCUT2D eigenvalue weighted by Crippen LogP contribution is 2.34. The maximum Gasteiger partial charge on any atom is 0.416 e. The van der Waals surface area contributed by atoms with Crippen LogP contribution in [-0.2, 0) is 25.8 Å². The number of nitrogens with zero attached hydrogens (tertiary/aromatic N) is 5. The van der Waals surface area contributed by atoms with Gasteiger partial charge in [-0.15, -0.1) is 0 Å². The van der Waals surface area contributed by atoms with Gasteiger partial charge in [-0.05, 0) is 42.8 Å². The van der Waals surface area contributed by atoms with Gasteiger partial charge in [-0.25, -0.2) is 13.6 Å². The van der Waals surface area contributed by atoms with Crippen molar-refractivity contribution in [1.29, 1.82) is 0 Å². The molecule has 3 aromatic carbocycles. The second-order valence-corrected chi connectivity index (χ2v) is 11.7. The van der Waals surface area contributed by atoms with Crippen molar-refractivity contribution in [1.82, 2.24) is 14.0 Å². The maximum absolute atomic E-state index is 15.0. The third-order valence-corrected chi connectivity index (χ3v) is 8.58. The van der Waals surface area contributed by atoms with Crippen LogP contribution < -0.4 is 26.6 Å². The van der Waals surface area contributed by atoms with Gasteiger partial charge in [0.2, 0.25) is 0 Å². The number of rotatable bonds is 10. The molecule has 1 aromatic heterocycles. The first-order valence-corrected chi connectivity index (χ1v) is 15.2. The fraction of sp³-hybridized carbons (Fsp3) is 0.333. The van der Waals surface area contributed by atoms with Gasteiger partial charge >= 0.3 is 11.9 Å². The number of piperazine rings is 1. The minimum Gasteiger partial charge on any atom is -0.496 e. The Labute approximate surface area is 276 Å². The molecule has 0 saturated carbocycles. The zero-order valence-corrected chi connectivity index (χ0v) is 26.5. The molecule has 260 valence electrons. The van der Waals surface area contributed by atoms with E-state index in [4.69, 9.17) is 10.5 Å². The molecule has 1 saturated heterocycles. The summed E-state index contributed by atoms with van der Waals surface area (Å²) in [7, 11) is 1.33. The van der Waals surface area contributed by atoms with Crippen LogP contribution in [0.3, 0.4) is 0 Å². The van der Waals surface area contributed by atoms with Gasteiger partial charge < -0.3 is 15.4 Å². The average Bonchev–Trinajstić information content (AvgIpc) is 3.06. The van der Waals surface area contributed by atoms with Gasteiger partial charge in [0.25, 0.3) is 11.2 Å². The third-order valence-electron chi connectivity index (χ3n) is 8.58. The number of methoxy groups -OCH3 is 1. The molecule has 5 rings (SSSR count). The van der Waals surface area contributed by atoms with Crippen LogP contribution in [0.15, 0.2) is 70.3 Å². The first-order valence-electron chi connectivity index (χ1n) is 15.2. The van der Waals surface area contributed by atoms with Crippen molar-refractivity contribution in [2.75, 3.05) is 38.2 Å². The Morgan fingerprint density at radius 2 is 1.65 bits per heavy atom. The van der Waals surface area contributed by atoms with Crippen molar-refractivity contribution in [3.05, 3.63) is 131 Å². The summed E-state index contributed by atoms with van der Waals surface area (Å²) in [5, 5.41) is 11.2. The number of alkyl halides is 3. The van der Waals surface area contributed by atoms with E-state index >= 15 is 4.39 Å². The number of hydrogen-bond donors (Lipinski definition) is 1. The van der Waals surface area contributed by atoms with Crippen LogP contribution in [0.5, 0.6) is 5.75 Å². The highest BCUT2D eigenvalue weighted by molar-refractivity contribution is 5.50. The maximum atomic E-state index is 15.0. The van der Waals surface area contributed by atoms with Gasteiger partial charge in [-0.2, -0.15) is 13.2 Å². The van der Waals surface area contributed by atoms with Crippen molar-refractivity contribution in [3.8, 4) is 5.75 Å². The van der Waals surface area contributed by atoms with Crippen molar-refractivity contribution < 1.29 is 31.6 Å². The number of benzene rings is 3. The Kier molecular flexibility index (Phi) is 10.2. The Hall–Kier alpha value is -5.09. The summed E-state index contributed by atoms with van der Waals surface area (Å²) in [5.41, 5.74) is 3.36. The molecule has 16 heteroatoms. The summed E-state index contributed by atoms with van der Waals surface area (Å²) < 4.78 is 78.0. The zero-order chi connectivity index (χ0) is 35.6. The van der Waals surface area contributed by atoms with E-state index in [2.05, 4.69) is 0 Å². The van der Waals surface area contributed by atoms with E-state index in [1.807, 2.05) is 4.90 Å². The quantitative estimate of drug-likeness (QED) is 0.146. The minimum atomic E-state index is -4.93. The summed E-state index contributed by atoms with van der Waals surface area (Å²) in [6.07, 6.45) is -4.93. The third kappa shape index (κ3) is 7.49. The number of halogens is 5. The van der Waals surface area contributed by atoms with Crippen molar-refractivity contribution >= 4 is 11.4 Å². The van der Waals surface area contributed by atoms with Crippen molar-refractivity contribution in [2.45, 2.75) is 38.8 Å². The van der Waals surface area contributed by atoms with Crippen molar-refractivity contribution in [3.63, 3.8) is 0 Å². The van der Waals surface area contributed by atoms with E-state index in [0.717, 1.165) is 33.4 Å². The van der Waals surface area contributed by atoms with E-state index < -0.39 is 64.2 Å². The molecular formula is C33H33F5N6O5. The van der Waals surface area contributed by atoms with Crippen LogP contribution in [0.4, 0.5) is 33.3 Å². The molecule has 1 atom stereocenters. The SMILES string of the molecule is COc1ccc(F)cc1[C@@H](N)Cn1c(=O)c(N2CCN(Cc3cccc([N+](=O)[O-])c3)CC2)c(C)n(Cc2c(F)cccc2C(F)(F)F)c1=O. The molecule has 2 heterocycles. The smallest absolute Gasteiger partial charge is 0.416 e. The van der Waals surface area contributed by atoms with E-state index in [9.17, 15) is 37.3 Å². The first-order chi connectivity index (χ1) is 23.2. The van der Waals surface area contributed by atoms with Crippen molar-refractivity contribution in [2.24, 2.45) is 5.73 Å². The van der Waals surface area contributed by atoms with Crippen LogP contribution in [-0.4, -0.2) is 52.2 Å². The van der Waals surface area contributed by atoms with Gasteiger partial charge in [0.1, 0.15) is 23.1 Å². The predicted octanol–water partition coefficient (Wildman–Crippen LogP) is 4.60. The van der Waals surface area contributed by atoms with E-state index in [0.29, 0.717) is 31.3 Å². The molecule has 0 amide bonds. The average molecular weight is 689 g/mol. The molecule has 0 unspecified atom stereocenters. The topological polar surface area (TPSA) is 129 Å². The standard InChI is InChI=1S/C33H33F5N6O5/c1-20-30(41-13-11-40(12-14-41)17-21-5-3-6-23(15-21)44(47)48)31(45)43(19-28(39)24-16-22(34)9-10-29(24)49-2)32(46)42(20)18-25-26(33(36,37)38)7-4-8-27(25)35/h3-10,15-16,28H,11-14,17-19,39H2,1-2H3/t28-/m0/s1. The van der Waals surface area contributed by atoms with Gasteiger partial charge in [0, 0.05) is 61.7 Å². The number of non-ortho nitro benzene ring substituents is 1. The molecular weight excluding hydrogens is 655 g/mol. The molecule has 0 spiro atoms. The highest BCUT2D eigenvalue weighted by Gasteiger charge is 2.35. The van der Waals surface area contributed by atoms with E-state index in [-0.39, 0.29) is 41.5 Å². The Bertz CT molecular complexity index is 1990. The molecule has 0 bridgehead atoms. The molecule has 49 heavy (non-hydrogen) atoms. The monoisotopic (exact) mass is 688 g/mol. The molecule has 1 fully saturated rings. The fourth-order valence-electron chi connectivity index (χ4n) is 6.09. The molecule has 4 aromatic rings. The lowest BCUT2D eigenvalue weighted by Crippen LogP contribution is -2.51. The number of nitro groups is 1. The molecule has 0 radical (unpaired) electrons. The number of hydrogen-bond acceptors (Lipinski definition) is 8. The number of nitro benzene ring substituents is 1. The summed E-state index contributed by atoms with van der Waals surface area (Å²) in [4.78, 5) is 42.4. The van der Waals surface area contributed by atoms with Gasteiger partial charge in [-0.3, -0.25) is 28.9 Å². The largest absolute Gasteiger partial charge is 0.496 e. The summed E-state index contributed by atoms with van der Waals surface area (Å²) in [5.74, 6) is -1.64. The Morgan fingerprint density at radius 1 is 0.959 bits per heavy atom. The number of nitrogens with two attached hydrogens (primary N) is 1. The summed E-state index contributed by atoms with van der Waals surface area (Å²) in [6, 6.07) is 11.1. The van der Waals surface area contributed by atoms with Crippen LogP contribution in [0, 0.1) is 28.7 Å². The lowest BCUT2D eigenvalue weighted by Gasteiger charge is -2.37. The van der Waals surface area contributed by atoms with E-state index in [1.54, 1.807) is 17.0 Å². The molecule has 11 nitrogen and oxygen atoms in total.